The molecule has 4 N–H and O–H groups in total. The fraction of sp³-hybridized carbons (Fsp3) is 0.269. The zero-order valence-corrected chi connectivity index (χ0v) is 19.5. The third kappa shape index (κ3) is 6.32. The molecule has 0 bridgehead atoms. The van der Waals surface area contributed by atoms with Crippen molar-refractivity contribution in [3.05, 3.63) is 77.4 Å². The Kier molecular flexibility index (Phi) is 8.18. The van der Waals surface area contributed by atoms with E-state index in [9.17, 15) is 22.8 Å². The number of aliphatic carboxylic acids is 1. The van der Waals surface area contributed by atoms with Crippen molar-refractivity contribution in [3.8, 4) is 0 Å². The van der Waals surface area contributed by atoms with Crippen molar-refractivity contribution in [1.29, 1.82) is 0 Å². The van der Waals surface area contributed by atoms with Crippen LogP contribution in [-0.2, 0) is 4.79 Å². The van der Waals surface area contributed by atoms with Gasteiger partial charge in [-0.25, -0.2) is 4.79 Å². The van der Waals surface area contributed by atoms with Crippen LogP contribution < -0.4 is 11.1 Å². The van der Waals surface area contributed by atoms with Gasteiger partial charge in [0.25, 0.3) is 11.8 Å². The number of nitrogen functional groups attached to an aromatic ring is 1. The number of nitrogens with two attached hydrogens (primary N) is 1. The van der Waals surface area contributed by atoms with Crippen LogP contribution in [0.2, 0.25) is 0 Å². The smallest absolute Gasteiger partial charge is 0.475 e. The van der Waals surface area contributed by atoms with Crippen molar-refractivity contribution in [3.63, 3.8) is 0 Å². The summed E-state index contributed by atoms with van der Waals surface area (Å²) in [6, 6.07) is 18.9. The molecule has 0 spiro atoms. The van der Waals surface area contributed by atoms with Crippen LogP contribution in [0.1, 0.15) is 52.1 Å². The number of likely N-dealkylation sites (tertiary alicyclic amines) is 1. The molecule has 1 atom stereocenters. The molecule has 0 radical (unpaired) electrons. The van der Waals surface area contributed by atoms with Crippen molar-refractivity contribution in [2.45, 2.75) is 32.0 Å². The minimum absolute atomic E-state index is 0.127. The Bertz CT molecular complexity index is 1270. The highest BCUT2D eigenvalue weighted by molar-refractivity contribution is 6.08. The third-order valence-corrected chi connectivity index (χ3v) is 5.79. The topological polar surface area (TPSA) is 113 Å². The fourth-order valence-electron chi connectivity index (χ4n) is 4.01. The lowest BCUT2D eigenvalue weighted by Gasteiger charge is -2.20. The molecule has 1 heterocycles. The van der Waals surface area contributed by atoms with Gasteiger partial charge >= 0.3 is 12.1 Å². The van der Waals surface area contributed by atoms with Crippen LogP contribution in [0, 0.1) is 0 Å². The van der Waals surface area contributed by atoms with Gasteiger partial charge in [-0.1, -0.05) is 42.5 Å². The number of hydrogen-bond donors (Lipinski definition) is 3. The Morgan fingerprint density at radius 2 is 1.58 bits per heavy atom. The van der Waals surface area contributed by atoms with Gasteiger partial charge in [0.15, 0.2) is 0 Å². The molecule has 0 saturated carbocycles. The molecule has 36 heavy (non-hydrogen) atoms. The maximum absolute atomic E-state index is 13.1. The molecule has 3 aromatic rings. The lowest BCUT2D eigenvalue weighted by Crippen LogP contribution is -2.32. The van der Waals surface area contributed by atoms with Gasteiger partial charge in [0.05, 0.1) is 17.2 Å². The van der Waals surface area contributed by atoms with Gasteiger partial charge in [-0.15, -0.1) is 0 Å². The zero-order chi connectivity index (χ0) is 26.5. The summed E-state index contributed by atoms with van der Waals surface area (Å²) in [6.45, 7) is 3.40. The number of hydrogen-bond acceptors (Lipinski definition) is 4. The fourth-order valence-corrected chi connectivity index (χ4v) is 4.01. The minimum atomic E-state index is -5.08. The number of carbonyl (C=O) groups is 3. The Labute approximate surface area is 205 Å². The largest absolute Gasteiger partial charge is 0.490 e. The van der Waals surface area contributed by atoms with Gasteiger partial charge in [0.1, 0.15) is 0 Å². The number of carboxylic acids is 1. The summed E-state index contributed by atoms with van der Waals surface area (Å²) in [4.78, 5) is 36.7. The van der Waals surface area contributed by atoms with E-state index in [1.807, 2.05) is 31.2 Å². The number of carboxylic acid groups (broad SMARTS) is 1. The second-order valence-corrected chi connectivity index (χ2v) is 8.37. The second kappa shape index (κ2) is 11.1. The average molecular weight is 502 g/mol. The van der Waals surface area contributed by atoms with E-state index in [0.717, 1.165) is 42.3 Å². The van der Waals surface area contributed by atoms with Crippen LogP contribution in [0.3, 0.4) is 0 Å². The number of rotatable bonds is 4. The molecule has 1 aliphatic heterocycles. The summed E-state index contributed by atoms with van der Waals surface area (Å²) in [7, 11) is 0. The maximum atomic E-state index is 13.1. The molecule has 3 aromatic carbocycles. The molecular weight excluding hydrogens is 475 g/mol. The molecule has 190 valence electrons. The molecule has 10 heteroatoms. The number of fused-ring (bicyclic) bond motifs is 1. The Morgan fingerprint density at radius 3 is 2.22 bits per heavy atom. The Morgan fingerprint density at radius 1 is 0.972 bits per heavy atom. The summed E-state index contributed by atoms with van der Waals surface area (Å²) in [5, 5.41) is 12.4. The molecule has 0 aromatic heterocycles. The molecule has 0 aliphatic carbocycles. The van der Waals surface area contributed by atoms with E-state index in [1.165, 1.54) is 0 Å². The first-order chi connectivity index (χ1) is 17.0. The monoisotopic (exact) mass is 501 g/mol. The maximum Gasteiger partial charge on any atom is 0.490 e. The molecule has 1 fully saturated rings. The molecule has 1 saturated heterocycles. The molecule has 4 rings (SSSR count). The van der Waals surface area contributed by atoms with Crippen LogP contribution in [0.15, 0.2) is 60.7 Å². The first-order valence-corrected chi connectivity index (χ1v) is 11.3. The van der Waals surface area contributed by atoms with Gasteiger partial charge in [-0.3, -0.25) is 9.59 Å². The summed E-state index contributed by atoms with van der Waals surface area (Å²) in [6.07, 6.45) is -3.10. The van der Waals surface area contributed by atoms with Gasteiger partial charge in [0.2, 0.25) is 0 Å². The molecule has 7 nitrogen and oxygen atoms in total. The van der Waals surface area contributed by atoms with Crippen molar-refractivity contribution in [2.24, 2.45) is 0 Å². The van der Waals surface area contributed by atoms with Crippen LogP contribution in [0.25, 0.3) is 10.8 Å². The van der Waals surface area contributed by atoms with Gasteiger partial charge in [-0.2, -0.15) is 13.2 Å². The van der Waals surface area contributed by atoms with Crippen LogP contribution in [-0.4, -0.2) is 47.1 Å². The van der Waals surface area contributed by atoms with E-state index in [2.05, 4.69) is 23.5 Å². The third-order valence-electron chi connectivity index (χ3n) is 5.79. The van der Waals surface area contributed by atoms with Gasteiger partial charge in [-0.05, 0) is 54.3 Å². The number of amides is 2. The SMILES string of the molecule is C[C@@H](NC(=O)c1ccc(N)cc1C(=O)N1CCCC1)c1cccc2ccccc12.O=C(O)C(F)(F)F. The summed E-state index contributed by atoms with van der Waals surface area (Å²) in [5.74, 6) is -3.15. The number of benzene rings is 3. The van der Waals surface area contributed by atoms with Gasteiger partial charge < -0.3 is 21.1 Å². The van der Waals surface area contributed by atoms with E-state index in [-0.39, 0.29) is 17.9 Å². The number of carbonyl (C=O) groups excluding carboxylic acids is 2. The molecule has 0 unspecified atom stereocenters. The molecular formula is C26H26F3N3O4. The number of anilines is 1. The highest BCUT2D eigenvalue weighted by atomic mass is 19.4. The molecule has 1 aliphatic rings. The van der Waals surface area contributed by atoms with Gasteiger partial charge in [0, 0.05) is 18.8 Å². The average Bonchev–Trinajstić information content (AvgIpc) is 3.38. The standard InChI is InChI=1S/C24H25N3O2.C2HF3O2/c1-16(19-10-6-8-17-7-2-3-9-20(17)19)26-23(28)21-12-11-18(25)15-22(21)24(29)27-13-4-5-14-27;3-2(4,5)1(6)7/h2-3,6-12,15-16H,4-5,13-14,25H2,1H3,(H,26,28);(H,6,7)/t16-;/m1./s1. The normalized spacial score (nSPS) is 14.1. The minimum Gasteiger partial charge on any atom is -0.475 e. The quantitative estimate of drug-likeness (QED) is 0.446. The number of halogens is 3. The summed E-state index contributed by atoms with van der Waals surface area (Å²) >= 11 is 0. The van der Waals surface area contributed by atoms with E-state index >= 15 is 0 Å². The van der Waals surface area contributed by atoms with Crippen LogP contribution in [0.4, 0.5) is 18.9 Å². The first-order valence-electron chi connectivity index (χ1n) is 11.3. The van der Waals surface area contributed by atoms with Crippen LogP contribution >= 0.6 is 0 Å². The predicted octanol–water partition coefficient (Wildman–Crippen LogP) is 4.78. The highest BCUT2D eigenvalue weighted by Gasteiger charge is 2.38. The zero-order valence-electron chi connectivity index (χ0n) is 19.5. The highest BCUT2D eigenvalue weighted by Crippen LogP contribution is 2.25. The van der Waals surface area contributed by atoms with Crippen molar-refractivity contribution < 1.29 is 32.7 Å². The van der Waals surface area contributed by atoms with Crippen molar-refractivity contribution >= 4 is 34.2 Å². The number of nitrogens with zero attached hydrogens (tertiary/aromatic N) is 1. The number of nitrogens with one attached hydrogen (secondary N) is 1. The van der Waals surface area contributed by atoms with E-state index in [4.69, 9.17) is 15.6 Å². The Balaban J connectivity index is 0.000000454. The molecule has 2 amide bonds. The summed E-state index contributed by atoms with van der Waals surface area (Å²) < 4.78 is 31.7. The first kappa shape index (κ1) is 26.5. The van der Waals surface area contributed by atoms with E-state index in [0.29, 0.717) is 16.8 Å². The van der Waals surface area contributed by atoms with Crippen molar-refractivity contribution in [1.82, 2.24) is 10.2 Å². The van der Waals surface area contributed by atoms with E-state index in [1.54, 1.807) is 23.1 Å². The second-order valence-electron chi connectivity index (χ2n) is 8.37. The number of alkyl halides is 3. The predicted molar refractivity (Wildman–Crippen MR) is 130 cm³/mol. The lowest BCUT2D eigenvalue weighted by molar-refractivity contribution is -0.192. The Hall–Kier alpha value is -4.08. The summed E-state index contributed by atoms with van der Waals surface area (Å²) in [5.41, 5.74) is 8.17. The van der Waals surface area contributed by atoms with Crippen LogP contribution in [0.5, 0.6) is 0 Å². The van der Waals surface area contributed by atoms with E-state index < -0.39 is 12.1 Å². The van der Waals surface area contributed by atoms with Crippen molar-refractivity contribution in [2.75, 3.05) is 18.8 Å². The lowest BCUT2D eigenvalue weighted by atomic mass is 9.98.